The van der Waals surface area contributed by atoms with E-state index in [1.165, 1.54) is 11.3 Å². The highest BCUT2D eigenvalue weighted by atomic mass is 32.1. The molecule has 4 rings (SSSR count). The number of aromatic nitrogens is 4. The summed E-state index contributed by atoms with van der Waals surface area (Å²) in [6, 6.07) is 2.18. The number of nitrogens with zero attached hydrogens (tertiary/aromatic N) is 5. The lowest BCUT2D eigenvalue weighted by Gasteiger charge is -2.19. The molecule has 1 fully saturated rings. The lowest BCUT2D eigenvalue weighted by atomic mass is 10.2. The fourth-order valence-electron chi connectivity index (χ4n) is 2.93. The largest absolute Gasteiger partial charge is 0.472 e. The van der Waals surface area contributed by atoms with Crippen LogP contribution in [0.15, 0.2) is 30.2 Å². The molecule has 0 spiro atoms. The molecule has 0 saturated carbocycles. The van der Waals surface area contributed by atoms with Crippen molar-refractivity contribution in [2.24, 2.45) is 0 Å². The van der Waals surface area contributed by atoms with Crippen molar-refractivity contribution in [2.45, 2.75) is 32.0 Å². The molecule has 3 aromatic rings. The average molecular weight is 333 g/mol. The Morgan fingerprint density at radius 2 is 2.35 bits per heavy atom. The van der Waals surface area contributed by atoms with Crippen molar-refractivity contribution in [3.63, 3.8) is 0 Å². The molecule has 8 heteroatoms. The van der Waals surface area contributed by atoms with Crippen LogP contribution in [0, 0.1) is 5.95 Å². The first-order chi connectivity index (χ1) is 11.2. The fourth-order valence-corrected chi connectivity index (χ4v) is 3.59. The maximum Gasteiger partial charge on any atom is 0.237 e. The van der Waals surface area contributed by atoms with Crippen LogP contribution < -0.4 is 4.74 Å². The Bertz CT molecular complexity index is 786. The van der Waals surface area contributed by atoms with E-state index in [0.717, 1.165) is 13.0 Å². The third-order valence-corrected chi connectivity index (χ3v) is 4.90. The Balaban J connectivity index is 1.43. The zero-order valence-corrected chi connectivity index (χ0v) is 13.4. The van der Waals surface area contributed by atoms with Crippen molar-refractivity contribution in [1.82, 2.24) is 24.3 Å². The molecule has 120 valence electrons. The van der Waals surface area contributed by atoms with Crippen LogP contribution in [-0.4, -0.2) is 42.9 Å². The lowest BCUT2D eigenvalue weighted by molar-refractivity contribution is 0.189. The predicted octanol–water partition coefficient (Wildman–Crippen LogP) is 2.37. The fraction of sp³-hybridized carbons (Fsp3) is 0.400. The highest BCUT2D eigenvalue weighted by Gasteiger charge is 2.31. The summed E-state index contributed by atoms with van der Waals surface area (Å²) >= 11 is 1.35. The minimum Gasteiger partial charge on any atom is -0.472 e. The van der Waals surface area contributed by atoms with E-state index in [4.69, 9.17) is 4.74 Å². The van der Waals surface area contributed by atoms with Crippen LogP contribution in [0.5, 0.6) is 5.88 Å². The van der Waals surface area contributed by atoms with Gasteiger partial charge in [0.2, 0.25) is 17.6 Å². The topological polar surface area (TPSA) is 55.6 Å². The minimum atomic E-state index is -0.363. The van der Waals surface area contributed by atoms with Gasteiger partial charge in [-0.2, -0.15) is 9.37 Å². The molecule has 3 aromatic heterocycles. The molecule has 0 aromatic carbocycles. The number of hydrogen-bond acceptors (Lipinski definition) is 6. The summed E-state index contributed by atoms with van der Waals surface area (Å²) in [5, 5.41) is 0. The molecule has 0 amide bonds. The van der Waals surface area contributed by atoms with Gasteiger partial charge in [-0.15, -0.1) is 11.3 Å². The summed E-state index contributed by atoms with van der Waals surface area (Å²) in [6.07, 6.45) is 6.36. The van der Waals surface area contributed by atoms with Gasteiger partial charge in [-0.1, -0.05) is 0 Å². The van der Waals surface area contributed by atoms with Crippen LogP contribution in [0.25, 0.3) is 5.78 Å². The standard InChI is InChI=1S/C15H16FN5OS/c1-10-5-11(6-21(10)7-12-14(16)18-9-23-12)22-13-8-20-4-2-3-17-15(20)19-13/h2-4,8-11H,5-7H2,1H3/t10-,11+/m0/s1. The lowest BCUT2D eigenvalue weighted by Crippen LogP contribution is -2.28. The highest BCUT2D eigenvalue weighted by Crippen LogP contribution is 2.25. The van der Waals surface area contributed by atoms with E-state index in [9.17, 15) is 4.39 Å². The smallest absolute Gasteiger partial charge is 0.237 e. The first kappa shape index (κ1) is 14.5. The van der Waals surface area contributed by atoms with Gasteiger partial charge in [0.05, 0.1) is 16.6 Å². The van der Waals surface area contributed by atoms with Gasteiger partial charge < -0.3 is 4.74 Å². The van der Waals surface area contributed by atoms with Gasteiger partial charge in [-0.05, 0) is 13.0 Å². The SMILES string of the molecule is C[C@H]1C[C@@H](Oc2cn3cccnc3n2)CN1Cc1scnc1F. The van der Waals surface area contributed by atoms with Crippen molar-refractivity contribution in [2.75, 3.05) is 6.54 Å². The van der Waals surface area contributed by atoms with E-state index < -0.39 is 0 Å². The summed E-state index contributed by atoms with van der Waals surface area (Å²) < 4.78 is 21.3. The Morgan fingerprint density at radius 3 is 3.13 bits per heavy atom. The maximum absolute atomic E-state index is 13.5. The molecule has 2 atom stereocenters. The van der Waals surface area contributed by atoms with E-state index in [1.54, 1.807) is 11.7 Å². The minimum absolute atomic E-state index is 0.0471. The van der Waals surface area contributed by atoms with Crippen LogP contribution in [0.1, 0.15) is 18.2 Å². The Morgan fingerprint density at radius 1 is 1.43 bits per heavy atom. The predicted molar refractivity (Wildman–Crippen MR) is 84.0 cm³/mol. The van der Waals surface area contributed by atoms with Gasteiger partial charge in [0, 0.05) is 37.9 Å². The van der Waals surface area contributed by atoms with Crippen LogP contribution >= 0.6 is 11.3 Å². The third kappa shape index (κ3) is 2.91. The van der Waals surface area contributed by atoms with Crippen molar-refractivity contribution in [3.8, 4) is 5.88 Å². The van der Waals surface area contributed by atoms with Gasteiger partial charge in [0.15, 0.2) is 0 Å². The molecule has 6 nitrogen and oxygen atoms in total. The zero-order chi connectivity index (χ0) is 15.8. The van der Waals surface area contributed by atoms with Crippen LogP contribution in [-0.2, 0) is 6.54 Å². The summed E-state index contributed by atoms with van der Waals surface area (Å²) in [7, 11) is 0. The van der Waals surface area contributed by atoms with E-state index in [1.807, 2.05) is 22.9 Å². The molecule has 1 saturated heterocycles. The summed E-state index contributed by atoms with van der Waals surface area (Å²) in [5.41, 5.74) is 1.54. The van der Waals surface area contributed by atoms with Gasteiger partial charge in [0.1, 0.15) is 6.10 Å². The van der Waals surface area contributed by atoms with Gasteiger partial charge >= 0.3 is 0 Å². The van der Waals surface area contributed by atoms with Crippen molar-refractivity contribution < 1.29 is 9.13 Å². The number of halogens is 1. The number of ether oxygens (including phenoxy) is 1. The number of fused-ring (bicyclic) bond motifs is 1. The quantitative estimate of drug-likeness (QED) is 0.734. The molecule has 1 aliphatic heterocycles. The number of thiazole rings is 1. The Hall–Kier alpha value is -2.06. The molecule has 0 unspecified atom stereocenters. The van der Waals surface area contributed by atoms with E-state index in [2.05, 4.69) is 26.8 Å². The van der Waals surface area contributed by atoms with Crippen LogP contribution in [0.2, 0.25) is 0 Å². The number of likely N-dealkylation sites (tertiary alicyclic amines) is 1. The molecule has 0 bridgehead atoms. The van der Waals surface area contributed by atoms with Crippen LogP contribution in [0.4, 0.5) is 4.39 Å². The van der Waals surface area contributed by atoms with E-state index in [-0.39, 0.29) is 12.1 Å². The first-order valence-electron chi connectivity index (χ1n) is 7.47. The second kappa shape index (κ2) is 5.86. The molecular formula is C15H16FN5OS. The monoisotopic (exact) mass is 333 g/mol. The molecule has 4 heterocycles. The second-order valence-electron chi connectivity index (χ2n) is 5.73. The molecule has 0 aliphatic carbocycles. The average Bonchev–Trinajstić information content (AvgIpc) is 3.20. The van der Waals surface area contributed by atoms with E-state index in [0.29, 0.717) is 29.1 Å². The molecule has 0 N–H and O–H groups in total. The maximum atomic E-state index is 13.5. The molecule has 23 heavy (non-hydrogen) atoms. The molecule has 0 radical (unpaired) electrons. The molecular weight excluding hydrogens is 317 g/mol. The highest BCUT2D eigenvalue weighted by molar-refractivity contribution is 7.09. The van der Waals surface area contributed by atoms with Gasteiger partial charge in [-0.25, -0.2) is 9.97 Å². The van der Waals surface area contributed by atoms with Gasteiger partial charge in [0.25, 0.3) is 0 Å². The normalized spacial score (nSPS) is 22.0. The number of rotatable bonds is 4. The second-order valence-corrected chi connectivity index (χ2v) is 6.67. The molecule has 1 aliphatic rings. The number of hydrogen-bond donors (Lipinski definition) is 0. The van der Waals surface area contributed by atoms with Crippen molar-refractivity contribution >= 4 is 17.1 Å². The summed E-state index contributed by atoms with van der Waals surface area (Å²) in [6.45, 7) is 3.46. The van der Waals surface area contributed by atoms with E-state index >= 15 is 0 Å². The zero-order valence-electron chi connectivity index (χ0n) is 12.6. The number of imidazole rings is 1. The first-order valence-corrected chi connectivity index (χ1v) is 8.35. The third-order valence-electron chi connectivity index (χ3n) is 4.10. The summed E-state index contributed by atoms with van der Waals surface area (Å²) in [5.74, 6) is 0.835. The summed E-state index contributed by atoms with van der Waals surface area (Å²) in [4.78, 5) is 15.1. The van der Waals surface area contributed by atoms with Crippen molar-refractivity contribution in [1.29, 1.82) is 0 Å². The Kier molecular flexibility index (Phi) is 3.70. The van der Waals surface area contributed by atoms with Gasteiger partial charge in [-0.3, -0.25) is 9.30 Å². The van der Waals surface area contributed by atoms with Crippen LogP contribution in [0.3, 0.4) is 0 Å². The van der Waals surface area contributed by atoms with Crippen molar-refractivity contribution in [3.05, 3.63) is 41.0 Å². The Labute approximate surface area is 136 Å².